The van der Waals surface area contributed by atoms with Gasteiger partial charge >= 0.3 is 0 Å². The molecule has 1 saturated heterocycles. The summed E-state index contributed by atoms with van der Waals surface area (Å²) in [6.45, 7) is 3.87. The Morgan fingerprint density at radius 3 is 2.89 bits per heavy atom. The fourth-order valence-electron chi connectivity index (χ4n) is 2.40. The van der Waals surface area contributed by atoms with Crippen molar-refractivity contribution in [1.29, 1.82) is 0 Å². The molecule has 0 spiro atoms. The first-order valence-electron chi connectivity index (χ1n) is 6.40. The second-order valence-corrected chi connectivity index (χ2v) is 4.83. The summed E-state index contributed by atoms with van der Waals surface area (Å²) in [5, 5.41) is 6.07. The van der Waals surface area contributed by atoms with Crippen molar-refractivity contribution < 1.29 is 9.18 Å². The molecule has 1 amide bonds. The second-order valence-electron chi connectivity index (χ2n) is 4.83. The minimum absolute atomic E-state index is 0.0262. The molecule has 1 aliphatic heterocycles. The van der Waals surface area contributed by atoms with Gasteiger partial charge in [-0.15, -0.1) is 0 Å². The molecule has 1 aromatic carbocycles. The standard InChI is InChI=1S/C14H19FN2O/c1-2-14(7-8-16-10-14)13(18)17-9-11-5-3-4-6-12(11)15/h3-6,16H,2,7-10H2,1H3,(H,17,18). The minimum Gasteiger partial charge on any atom is -0.351 e. The maximum atomic E-state index is 13.4. The number of amides is 1. The molecule has 0 aromatic heterocycles. The normalized spacial score (nSPS) is 23.0. The van der Waals surface area contributed by atoms with Crippen molar-refractivity contribution in [3.05, 3.63) is 35.6 Å². The molecule has 2 rings (SSSR count). The van der Waals surface area contributed by atoms with Crippen LogP contribution in [0.4, 0.5) is 4.39 Å². The van der Waals surface area contributed by atoms with Crippen LogP contribution in [0.2, 0.25) is 0 Å². The minimum atomic E-state index is -0.314. The van der Waals surface area contributed by atoms with E-state index in [2.05, 4.69) is 10.6 Å². The summed E-state index contributed by atoms with van der Waals surface area (Å²) < 4.78 is 13.4. The summed E-state index contributed by atoms with van der Waals surface area (Å²) >= 11 is 0. The van der Waals surface area contributed by atoms with Crippen LogP contribution in [0.15, 0.2) is 24.3 Å². The van der Waals surface area contributed by atoms with E-state index in [0.717, 1.165) is 19.4 Å². The number of carbonyl (C=O) groups is 1. The van der Waals surface area contributed by atoms with Gasteiger partial charge in [0.1, 0.15) is 5.82 Å². The topological polar surface area (TPSA) is 41.1 Å². The molecule has 1 aliphatic rings. The lowest BCUT2D eigenvalue weighted by Crippen LogP contribution is -2.41. The van der Waals surface area contributed by atoms with E-state index in [1.165, 1.54) is 6.07 Å². The summed E-state index contributed by atoms with van der Waals surface area (Å²) in [5.74, 6) is -0.244. The van der Waals surface area contributed by atoms with Crippen LogP contribution in [0, 0.1) is 11.2 Å². The lowest BCUT2D eigenvalue weighted by atomic mass is 9.83. The highest BCUT2D eigenvalue weighted by atomic mass is 19.1. The van der Waals surface area contributed by atoms with Crippen LogP contribution in [-0.4, -0.2) is 19.0 Å². The van der Waals surface area contributed by atoms with Crippen molar-refractivity contribution in [2.24, 2.45) is 5.41 Å². The van der Waals surface area contributed by atoms with E-state index in [-0.39, 0.29) is 23.7 Å². The van der Waals surface area contributed by atoms with E-state index in [1.54, 1.807) is 18.2 Å². The van der Waals surface area contributed by atoms with Crippen molar-refractivity contribution in [1.82, 2.24) is 10.6 Å². The van der Waals surface area contributed by atoms with Crippen LogP contribution in [0.25, 0.3) is 0 Å². The van der Waals surface area contributed by atoms with Gasteiger partial charge in [-0.3, -0.25) is 4.79 Å². The van der Waals surface area contributed by atoms with E-state index in [9.17, 15) is 9.18 Å². The second kappa shape index (κ2) is 5.48. The number of benzene rings is 1. The quantitative estimate of drug-likeness (QED) is 0.856. The average molecular weight is 250 g/mol. The van der Waals surface area contributed by atoms with E-state index in [0.29, 0.717) is 12.1 Å². The van der Waals surface area contributed by atoms with Crippen molar-refractivity contribution in [2.45, 2.75) is 26.3 Å². The molecule has 0 bridgehead atoms. The predicted molar refractivity (Wildman–Crippen MR) is 68.5 cm³/mol. The van der Waals surface area contributed by atoms with Crippen LogP contribution >= 0.6 is 0 Å². The summed E-state index contributed by atoms with van der Waals surface area (Å²) in [4.78, 5) is 12.2. The smallest absolute Gasteiger partial charge is 0.227 e. The van der Waals surface area contributed by atoms with Crippen molar-refractivity contribution >= 4 is 5.91 Å². The summed E-state index contributed by atoms with van der Waals surface area (Å²) in [5.41, 5.74) is 0.216. The van der Waals surface area contributed by atoms with Crippen molar-refractivity contribution in [3.63, 3.8) is 0 Å². The third kappa shape index (κ3) is 2.53. The monoisotopic (exact) mass is 250 g/mol. The van der Waals surface area contributed by atoms with Gasteiger partial charge in [0.05, 0.1) is 5.41 Å². The van der Waals surface area contributed by atoms with Crippen LogP contribution in [0.3, 0.4) is 0 Å². The van der Waals surface area contributed by atoms with Gasteiger partial charge in [0.2, 0.25) is 5.91 Å². The Balaban J connectivity index is 1.98. The van der Waals surface area contributed by atoms with Crippen LogP contribution in [0.1, 0.15) is 25.3 Å². The van der Waals surface area contributed by atoms with Gasteiger partial charge in [-0.25, -0.2) is 4.39 Å². The van der Waals surface area contributed by atoms with Crippen LogP contribution < -0.4 is 10.6 Å². The molecular weight excluding hydrogens is 231 g/mol. The summed E-state index contributed by atoms with van der Waals surface area (Å²) in [7, 11) is 0. The zero-order valence-corrected chi connectivity index (χ0v) is 10.6. The van der Waals surface area contributed by atoms with Crippen LogP contribution in [0.5, 0.6) is 0 Å². The average Bonchev–Trinajstić information content (AvgIpc) is 2.87. The third-order valence-corrected chi connectivity index (χ3v) is 3.80. The van der Waals surface area contributed by atoms with Crippen LogP contribution in [-0.2, 0) is 11.3 Å². The summed E-state index contributed by atoms with van der Waals surface area (Å²) in [6, 6.07) is 6.53. The van der Waals surface area contributed by atoms with Crippen molar-refractivity contribution in [3.8, 4) is 0 Å². The highest BCUT2D eigenvalue weighted by molar-refractivity contribution is 5.83. The number of carbonyl (C=O) groups excluding carboxylic acids is 1. The van der Waals surface area contributed by atoms with E-state index >= 15 is 0 Å². The Labute approximate surface area is 107 Å². The molecule has 98 valence electrons. The first-order valence-corrected chi connectivity index (χ1v) is 6.40. The molecule has 0 radical (unpaired) electrons. The molecule has 3 nitrogen and oxygen atoms in total. The zero-order valence-electron chi connectivity index (χ0n) is 10.6. The highest BCUT2D eigenvalue weighted by Gasteiger charge is 2.39. The van der Waals surface area contributed by atoms with Gasteiger partial charge in [-0.2, -0.15) is 0 Å². The molecule has 1 fully saturated rings. The highest BCUT2D eigenvalue weighted by Crippen LogP contribution is 2.29. The lowest BCUT2D eigenvalue weighted by Gasteiger charge is -2.25. The van der Waals surface area contributed by atoms with Gasteiger partial charge in [-0.05, 0) is 25.5 Å². The lowest BCUT2D eigenvalue weighted by molar-refractivity contribution is -0.130. The maximum Gasteiger partial charge on any atom is 0.227 e. The first kappa shape index (κ1) is 13.0. The number of nitrogens with one attached hydrogen (secondary N) is 2. The fraction of sp³-hybridized carbons (Fsp3) is 0.500. The molecule has 2 N–H and O–H groups in total. The summed E-state index contributed by atoms with van der Waals surface area (Å²) in [6.07, 6.45) is 1.66. The van der Waals surface area contributed by atoms with Gasteiger partial charge in [0.25, 0.3) is 0 Å². The Kier molecular flexibility index (Phi) is 3.97. The first-order chi connectivity index (χ1) is 8.68. The maximum absolute atomic E-state index is 13.4. The largest absolute Gasteiger partial charge is 0.351 e. The molecule has 0 saturated carbocycles. The molecule has 0 aliphatic carbocycles. The van der Waals surface area contributed by atoms with Gasteiger partial charge in [-0.1, -0.05) is 25.1 Å². The molecule has 4 heteroatoms. The predicted octanol–water partition coefficient (Wildman–Crippen LogP) is 1.83. The van der Waals surface area contributed by atoms with E-state index in [1.807, 2.05) is 6.92 Å². The van der Waals surface area contributed by atoms with Crippen molar-refractivity contribution in [2.75, 3.05) is 13.1 Å². The number of hydrogen-bond donors (Lipinski definition) is 2. The molecular formula is C14H19FN2O. The Morgan fingerprint density at radius 2 is 2.28 bits per heavy atom. The number of rotatable bonds is 4. The number of hydrogen-bond acceptors (Lipinski definition) is 2. The molecule has 1 unspecified atom stereocenters. The molecule has 1 atom stereocenters. The van der Waals surface area contributed by atoms with Gasteiger partial charge in [0.15, 0.2) is 0 Å². The van der Waals surface area contributed by atoms with Gasteiger partial charge in [0, 0.05) is 18.7 Å². The Bertz CT molecular complexity index is 428. The van der Waals surface area contributed by atoms with Gasteiger partial charge < -0.3 is 10.6 Å². The molecule has 1 aromatic rings. The third-order valence-electron chi connectivity index (χ3n) is 3.80. The number of halogens is 1. The Morgan fingerprint density at radius 1 is 1.50 bits per heavy atom. The fourth-order valence-corrected chi connectivity index (χ4v) is 2.40. The Hall–Kier alpha value is -1.42. The molecule has 18 heavy (non-hydrogen) atoms. The zero-order chi connectivity index (χ0) is 13.0. The van der Waals surface area contributed by atoms with E-state index < -0.39 is 0 Å². The molecule has 1 heterocycles. The SMILES string of the molecule is CCC1(C(=O)NCc2ccccc2F)CCNC1. The van der Waals surface area contributed by atoms with E-state index in [4.69, 9.17) is 0 Å².